The second-order valence-corrected chi connectivity index (χ2v) is 4.71. The molecule has 1 aromatic carbocycles. The summed E-state index contributed by atoms with van der Waals surface area (Å²) in [6, 6.07) is 12.2. The van der Waals surface area contributed by atoms with E-state index in [2.05, 4.69) is 22.4 Å². The molecule has 2 heterocycles. The van der Waals surface area contributed by atoms with Crippen molar-refractivity contribution in [2.75, 3.05) is 5.32 Å². The normalized spacial score (nSPS) is 10.4. The Balaban J connectivity index is 1.85. The monoisotopic (exact) mass is 262 g/mol. The lowest BCUT2D eigenvalue weighted by atomic mass is 10.1. The van der Waals surface area contributed by atoms with E-state index in [1.165, 1.54) is 0 Å². The maximum Gasteiger partial charge on any atom is 0.120 e. The molecular weight excluding hydrogens is 248 g/mol. The fourth-order valence-corrected chi connectivity index (χ4v) is 2.31. The van der Waals surface area contributed by atoms with Gasteiger partial charge in [-0.25, -0.2) is 0 Å². The minimum absolute atomic E-state index is 0.670. The van der Waals surface area contributed by atoms with Crippen molar-refractivity contribution in [2.45, 2.75) is 6.54 Å². The van der Waals surface area contributed by atoms with E-state index in [0.717, 1.165) is 22.0 Å². The van der Waals surface area contributed by atoms with Crippen molar-refractivity contribution in [3.63, 3.8) is 0 Å². The van der Waals surface area contributed by atoms with Gasteiger partial charge in [-0.05, 0) is 23.8 Å². The van der Waals surface area contributed by atoms with E-state index in [4.69, 9.17) is 5.26 Å². The number of aryl methyl sites for hydroxylation is 1. The second-order valence-electron chi connectivity index (χ2n) is 4.71. The molecule has 0 bridgehead atoms. The molecule has 1 N–H and O–H groups in total. The fourth-order valence-electron chi connectivity index (χ4n) is 2.31. The van der Waals surface area contributed by atoms with E-state index < -0.39 is 0 Å². The average Bonchev–Trinajstić information content (AvgIpc) is 2.85. The van der Waals surface area contributed by atoms with Gasteiger partial charge in [0.25, 0.3) is 0 Å². The maximum atomic E-state index is 8.96. The minimum Gasteiger partial charge on any atom is -0.380 e. The van der Waals surface area contributed by atoms with Crippen LogP contribution in [0.1, 0.15) is 11.3 Å². The summed E-state index contributed by atoms with van der Waals surface area (Å²) in [5.74, 6) is 0. The molecule has 0 aliphatic heterocycles. The van der Waals surface area contributed by atoms with Gasteiger partial charge in [0.1, 0.15) is 11.8 Å². The lowest BCUT2D eigenvalue weighted by molar-refractivity contribution is 0.902. The summed E-state index contributed by atoms with van der Waals surface area (Å²) in [5, 5.41) is 14.6. The number of nitriles is 1. The first-order valence-electron chi connectivity index (χ1n) is 6.40. The Morgan fingerprint density at radius 1 is 1.35 bits per heavy atom. The molecule has 0 radical (unpaired) electrons. The molecule has 2 aromatic heterocycles. The molecule has 20 heavy (non-hydrogen) atoms. The molecule has 0 saturated heterocycles. The zero-order valence-electron chi connectivity index (χ0n) is 11.2. The first-order valence-corrected chi connectivity index (χ1v) is 6.40. The number of hydrogen-bond acceptors (Lipinski definition) is 3. The van der Waals surface area contributed by atoms with Crippen LogP contribution in [-0.2, 0) is 13.6 Å². The zero-order valence-corrected chi connectivity index (χ0v) is 11.2. The number of benzene rings is 1. The van der Waals surface area contributed by atoms with E-state index in [-0.39, 0.29) is 0 Å². The van der Waals surface area contributed by atoms with E-state index in [1.54, 1.807) is 6.20 Å². The Morgan fingerprint density at radius 2 is 2.25 bits per heavy atom. The molecule has 4 nitrogen and oxygen atoms in total. The highest BCUT2D eigenvalue weighted by atomic mass is 14.9. The molecule has 0 aliphatic rings. The van der Waals surface area contributed by atoms with Gasteiger partial charge in [-0.2, -0.15) is 5.26 Å². The van der Waals surface area contributed by atoms with Crippen LogP contribution in [0.15, 0.2) is 48.9 Å². The van der Waals surface area contributed by atoms with Crippen molar-refractivity contribution in [2.24, 2.45) is 7.05 Å². The third-order valence-corrected chi connectivity index (χ3v) is 3.34. The molecular formula is C16H14N4. The Kier molecular flexibility index (Phi) is 3.10. The van der Waals surface area contributed by atoms with Crippen LogP contribution in [0.3, 0.4) is 0 Å². The largest absolute Gasteiger partial charge is 0.380 e. The Bertz CT molecular complexity index is 790. The number of rotatable bonds is 3. The highest BCUT2D eigenvalue weighted by Crippen LogP contribution is 2.22. The number of aromatic nitrogens is 2. The van der Waals surface area contributed by atoms with Crippen LogP contribution in [-0.4, -0.2) is 9.55 Å². The third kappa shape index (κ3) is 2.21. The van der Waals surface area contributed by atoms with E-state index >= 15 is 0 Å². The molecule has 0 atom stereocenters. The molecule has 0 spiro atoms. The molecule has 0 aliphatic carbocycles. The van der Waals surface area contributed by atoms with Crippen LogP contribution in [0, 0.1) is 11.3 Å². The third-order valence-electron chi connectivity index (χ3n) is 3.34. The lowest BCUT2D eigenvalue weighted by Crippen LogP contribution is -1.99. The van der Waals surface area contributed by atoms with E-state index in [1.807, 2.05) is 48.3 Å². The molecule has 0 amide bonds. The van der Waals surface area contributed by atoms with Crippen LogP contribution in [0.2, 0.25) is 0 Å². The minimum atomic E-state index is 0.670. The number of anilines is 1. The van der Waals surface area contributed by atoms with Gasteiger partial charge in [0.05, 0.1) is 0 Å². The molecule has 3 aromatic rings. The van der Waals surface area contributed by atoms with Crippen LogP contribution in [0.25, 0.3) is 10.8 Å². The summed E-state index contributed by atoms with van der Waals surface area (Å²) in [4.78, 5) is 4.13. The number of nitrogens with one attached hydrogen (secondary N) is 1. The van der Waals surface area contributed by atoms with Gasteiger partial charge in [0.2, 0.25) is 0 Å². The smallest absolute Gasteiger partial charge is 0.120 e. The topological polar surface area (TPSA) is 53.6 Å². The summed E-state index contributed by atoms with van der Waals surface area (Å²) >= 11 is 0. The van der Waals surface area contributed by atoms with Crippen molar-refractivity contribution in [1.29, 1.82) is 5.26 Å². The Morgan fingerprint density at radius 3 is 3.05 bits per heavy atom. The summed E-state index contributed by atoms with van der Waals surface area (Å²) < 4.78 is 1.84. The summed E-state index contributed by atoms with van der Waals surface area (Å²) in [6.07, 6.45) is 5.62. The predicted molar refractivity (Wildman–Crippen MR) is 79.2 cm³/mol. The zero-order chi connectivity index (χ0) is 13.9. The first-order chi connectivity index (χ1) is 9.78. The first kappa shape index (κ1) is 12.2. The van der Waals surface area contributed by atoms with Crippen LogP contribution in [0.5, 0.6) is 0 Å². The van der Waals surface area contributed by atoms with Gasteiger partial charge in [-0.1, -0.05) is 12.1 Å². The standard InChI is InChI=1S/C16H14N4/c1-20-11-12(7-14(20)8-17)9-19-16-4-2-3-13-10-18-6-5-15(13)16/h2-7,10-11,19H,9H2,1H3. The van der Waals surface area contributed by atoms with E-state index in [9.17, 15) is 0 Å². The number of nitrogens with zero attached hydrogens (tertiary/aromatic N) is 3. The summed E-state index contributed by atoms with van der Waals surface area (Å²) in [5.41, 5.74) is 2.84. The van der Waals surface area contributed by atoms with Gasteiger partial charge in [0.15, 0.2) is 0 Å². The number of hydrogen-bond donors (Lipinski definition) is 1. The van der Waals surface area contributed by atoms with Crippen LogP contribution in [0.4, 0.5) is 5.69 Å². The Hall–Kier alpha value is -2.80. The van der Waals surface area contributed by atoms with Crippen molar-refractivity contribution in [3.05, 3.63) is 60.2 Å². The van der Waals surface area contributed by atoms with Gasteiger partial charge in [-0.3, -0.25) is 4.98 Å². The van der Waals surface area contributed by atoms with Crippen molar-refractivity contribution >= 4 is 16.5 Å². The summed E-state index contributed by atoms with van der Waals surface area (Å²) in [6.45, 7) is 0.691. The van der Waals surface area contributed by atoms with Gasteiger partial charge in [0, 0.05) is 48.6 Å². The molecule has 3 rings (SSSR count). The maximum absolute atomic E-state index is 8.96. The highest BCUT2D eigenvalue weighted by Gasteiger charge is 2.04. The molecule has 98 valence electrons. The summed E-state index contributed by atoms with van der Waals surface area (Å²) in [7, 11) is 1.88. The predicted octanol–water partition coefficient (Wildman–Crippen LogP) is 3.06. The van der Waals surface area contributed by atoms with Crippen LogP contribution >= 0.6 is 0 Å². The fraction of sp³-hybridized carbons (Fsp3) is 0.125. The number of fused-ring (bicyclic) bond motifs is 1. The highest BCUT2D eigenvalue weighted by molar-refractivity contribution is 5.93. The van der Waals surface area contributed by atoms with Crippen molar-refractivity contribution in [3.8, 4) is 6.07 Å². The van der Waals surface area contributed by atoms with E-state index in [0.29, 0.717) is 12.2 Å². The SMILES string of the molecule is Cn1cc(CNc2cccc3cnccc23)cc1C#N. The van der Waals surface area contributed by atoms with Gasteiger partial charge in [-0.15, -0.1) is 0 Å². The second kappa shape index (κ2) is 5.06. The van der Waals surface area contributed by atoms with Gasteiger partial charge >= 0.3 is 0 Å². The quantitative estimate of drug-likeness (QED) is 0.789. The lowest BCUT2D eigenvalue weighted by Gasteiger charge is -2.08. The Labute approximate surface area is 117 Å². The molecule has 0 fully saturated rings. The molecule has 0 unspecified atom stereocenters. The van der Waals surface area contributed by atoms with Crippen molar-refractivity contribution in [1.82, 2.24) is 9.55 Å². The number of pyridine rings is 1. The average molecular weight is 262 g/mol. The van der Waals surface area contributed by atoms with Crippen molar-refractivity contribution < 1.29 is 0 Å². The van der Waals surface area contributed by atoms with Crippen LogP contribution < -0.4 is 5.32 Å². The molecule has 0 saturated carbocycles. The molecule has 4 heteroatoms. The van der Waals surface area contributed by atoms with Gasteiger partial charge < -0.3 is 9.88 Å².